The van der Waals surface area contributed by atoms with E-state index in [4.69, 9.17) is 34.8 Å². The van der Waals surface area contributed by atoms with E-state index in [9.17, 15) is 13.2 Å². The highest BCUT2D eigenvalue weighted by Crippen LogP contribution is 2.29. The Bertz CT molecular complexity index is 1020. The first-order valence-corrected chi connectivity index (χ1v) is 14.2. The normalized spacial score (nSPS) is 15.6. The molecule has 0 bridgehead atoms. The lowest BCUT2D eigenvalue weighted by Gasteiger charge is -2.30. The zero-order chi connectivity index (χ0) is 23.1. The fraction of sp³-hybridized carbons (Fsp3) is 0.409. The summed E-state index contributed by atoms with van der Waals surface area (Å²) in [6.07, 6.45) is 0.988. The van der Waals surface area contributed by atoms with Gasteiger partial charge in [0.05, 0.1) is 5.75 Å². The third-order valence-electron chi connectivity index (χ3n) is 5.37. The van der Waals surface area contributed by atoms with Crippen LogP contribution in [0.25, 0.3) is 0 Å². The van der Waals surface area contributed by atoms with Crippen molar-refractivity contribution < 1.29 is 13.2 Å². The number of sulfonamides is 1. The van der Waals surface area contributed by atoms with Crippen LogP contribution in [-0.2, 0) is 26.3 Å². The van der Waals surface area contributed by atoms with Gasteiger partial charge in [0.2, 0.25) is 15.9 Å². The highest BCUT2D eigenvalue weighted by atomic mass is 35.5. The fourth-order valence-corrected chi connectivity index (χ4v) is 6.99. The standard InChI is InChI=1S/C22H25Cl3N2O3S2/c23-19-5-2-1-4-17(19)14-31-13-10-26-22(28)16-8-11-27(12-9-16)32(29,30)15-18-20(24)6-3-7-21(18)25/h1-7,16H,8-15H2,(H,26,28). The summed E-state index contributed by atoms with van der Waals surface area (Å²) < 4.78 is 27.1. The van der Waals surface area contributed by atoms with E-state index in [1.807, 2.05) is 24.3 Å². The fourth-order valence-electron chi connectivity index (χ4n) is 3.53. The number of rotatable bonds is 9. The van der Waals surface area contributed by atoms with Gasteiger partial charge in [0, 0.05) is 57.7 Å². The third-order valence-corrected chi connectivity index (χ3v) is 9.26. The molecular formula is C22H25Cl3N2O3S2. The first kappa shape index (κ1) is 25.7. The number of benzene rings is 2. The molecule has 1 N–H and O–H groups in total. The molecular weight excluding hydrogens is 511 g/mol. The van der Waals surface area contributed by atoms with Crippen molar-refractivity contribution >= 4 is 62.5 Å². The van der Waals surface area contributed by atoms with Crippen molar-refractivity contribution in [1.82, 2.24) is 9.62 Å². The summed E-state index contributed by atoms with van der Waals surface area (Å²) in [6.45, 7) is 1.19. The maximum atomic E-state index is 12.8. The van der Waals surface area contributed by atoms with E-state index in [2.05, 4.69) is 5.32 Å². The molecule has 174 valence electrons. The van der Waals surface area contributed by atoms with Crippen LogP contribution in [0.4, 0.5) is 0 Å². The molecule has 2 aromatic rings. The number of amides is 1. The van der Waals surface area contributed by atoms with Crippen LogP contribution < -0.4 is 5.32 Å². The molecule has 2 aromatic carbocycles. The average molecular weight is 536 g/mol. The number of piperidine rings is 1. The average Bonchev–Trinajstić information content (AvgIpc) is 2.77. The molecule has 1 aliphatic rings. The van der Waals surface area contributed by atoms with E-state index >= 15 is 0 Å². The Balaban J connectivity index is 1.41. The molecule has 32 heavy (non-hydrogen) atoms. The minimum absolute atomic E-state index is 0.0189. The van der Waals surface area contributed by atoms with E-state index < -0.39 is 10.0 Å². The minimum Gasteiger partial charge on any atom is -0.355 e. The van der Waals surface area contributed by atoms with Crippen LogP contribution in [0.15, 0.2) is 42.5 Å². The molecule has 0 unspecified atom stereocenters. The van der Waals surface area contributed by atoms with Gasteiger partial charge in [-0.1, -0.05) is 59.1 Å². The number of carbonyl (C=O) groups excluding carboxylic acids is 1. The second-order valence-electron chi connectivity index (χ2n) is 7.56. The van der Waals surface area contributed by atoms with Gasteiger partial charge in [-0.15, -0.1) is 0 Å². The lowest BCUT2D eigenvalue weighted by atomic mass is 9.97. The Morgan fingerprint density at radius 3 is 2.28 bits per heavy atom. The molecule has 0 spiro atoms. The van der Waals surface area contributed by atoms with Gasteiger partial charge in [-0.2, -0.15) is 11.8 Å². The molecule has 5 nitrogen and oxygen atoms in total. The quantitative estimate of drug-likeness (QED) is 0.446. The summed E-state index contributed by atoms with van der Waals surface area (Å²) in [5, 5.41) is 4.39. The Labute approximate surface area is 208 Å². The van der Waals surface area contributed by atoms with Crippen LogP contribution in [0.3, 0.4) is 0 Å². The third kappa shape index (κ3) is 7.02. The van der Waals surface area contributed by atoms with E-state index in [0.29, 0.717) is 48.1 Å². The summed E-state index contributed by atoms with van der Waals surface area (Å²) in [4.78, 5) is 12.5. The first-order valence-electron chi connectivity index (χ1n) is 10.3. The Kier molecular flexibility index (Phi) is 9.58. The lowest BCUT2D eigenvalue weighted by molar-refractivity contribution is -0.125. The summed E-state index contributed by atoms with van der Waals surface area (Å²) >= 11 is 20.1. The van der Waals surface area contributed by atoms with Gasteiger partial charge in [0.1, 0.15) is 0 Å². The molecule has 0 saturated carbocycles. The molecule has 0 atom stereocenters. The van der Waals surface area contributed by atoms with Gasteiger partial charge >= 0.3 is 0 Å². The lowest BCUT2D eigenvalue weighted by Crippen LogP contribution is -2.43. The zero-order valence-electron chi connectivity index (χ0n) is 17.4. The maximum Gasteiger partial charge on any atom is 0.223 e. The van der Waals surface area contributed by atoms with Crippen LogP contribution in [0.1, 0.15) is 24.0 Å². The number of hydrogen-bond donors (Lipinski definition) is 1. The molecule has 0 aliphatic carbocycles. The summed E-state index contributed by atoms with van der Waals surface area (Å²) in [5.41, 5.74) is 1.49. The molecule has 1 heterocycles. The number of thioether (sulfide) groups is 1. The van der Waals surface area contributed by atoms with Gasteiger partial charge in [0.15, 0.2) is 0 Å². The summed E-state index contributed by atoms with van der Waals surface area (Å²) in [6, 6.07) is 12.7. The van der Waals surface area contributed by atoms with E-state index in [1.165, 1.54) is 4.31 Å². The van der Waals surface area contributed by atoms with Crippen LogP contribution in [-0.4, -0.2) is 44.0 Å². The predicted octanol–water partition coefficient (Wildman–Crippen LogP) is 5.24. The summed E-state index contributed by atoms with van der Waals surface area (Å²) in [7, 11) is -3.57. The number of nitrogens with one attached hydrogen (secondary N) is 1. The van der Waals surface area contributed by atoms with Crippen molar-refractivity contribution in [1.29, 1.82) is 0 Å². The van der Waals surface area contributed by atoms with Crippen molar-refractivity contribution in [2.75, 3.05) is 25.4 Å². The zero-order valence-corrected chi connectivity index (χ0v) is 21.3. The van der Waals surface area contributed by atoms with E-state index in [-0.39, 0.29) is 17.6 Å². The van der Waals surface area contributed by atoms with Crippen LogP contribution in [0.5, 0.6) is 0 Å². The molecule has 1 amide bonds. The molecule has 1 fully saturated rings. The van der Waals surface area contributed by atoms with Gasteiger partial charge in [-0.05, 0) is 36.6 Å². The van der Waals surface area contributed by atoms with Crippen molar-refractivity contribution in [3.05, 3.63) is 68.7 Å². The second-order valence-corrected chi connectivity index (χ2v) is 11.9. The number of carbonyl (C=O) groups is 1. The van der Waals surface area contributed by atoms with Crippen molar-refractivity contribution in [3.8, 4) is 0 Å². The molecule has 1 saturated heterocycles. The highest BCUT2D eigenvalue weighted by molar-refractivity contribution is 7.98. The van der Waals surface area contributed by atoms with Crippen LogP contribution in [0.2, 0.25) is 15.1 Å². The molecule has 3 rings (SSSR count). The maximum absolute atomic E-state index is 12.8. The second kappa shape index (κ2) is 12.0. The van der Waals surface area contributed by atoms with E-state index in [0.717, 1.165) is 22.1 Å². The minimum atomic E-state index is -3.57. The number of hydrogen-bond acceptors (Lipinski definition) is 4. The van der Waals surface area contributed by atoms with Gasteiger partial charge in [-0.25, -0.2) is 12.7 Å². The largest absolute Gasteiger partial charge is 0.355 e. The Morgan fingerprint density at radius 1 is 1.00 bits per heavy atom. The number of nitrogens with zero attached hydrogens (tertiary/aromatic N) is 1. The predicted molar refractivity (Wildman–Crippen MR) is 134 cm³/mol. The van der Waals surface area contributed by atoms with Crippen molar-refractivity contribution in [3.63, 3.8) is 0 Å². The molecule has 0 aromatic heterocycles. The summed E-state index contributed by atoms with van der Waals surface area (Å²) in [5.74, 6) is 1.13. The van der Waals surface area contributed by atoms with Crippen molar-refractivity contribution in [2.24, 2.45) is 5.92 Å². The van der Waals surface area contributed by atoms with Crippen LogP contribution >= 0.6 is 46.6 Å². The SMILES string of the molecule is O=C(NCCSCc1ccccc1Cl)C1CCN(S(=O)(=O)Cc2c(Cl)cccc2Cl)CC1. The molecule has 0 radical (unpaired) electrons. The first-order chi connectivity index (χ1) is 15.3. The molecule has 1 aliphatic heterocycles. The monoisotopic (exact) mass is 534 g/mol. The number of halogens is 3. The van der Waals surface area contributed by atoms with Gasteiger partial charge < -0.3 is 5.32 Å². The Hall–Kier alpha value is -0.960. The Morgan fingerprint density at radius 2 is 1.62 bits per heavy atom. The smallest absolute Gasteiger partial charge is 0.223 e. The molecule has 10 heteroatoms. The van der Waals surface area contributed by atoms with Gasteiger partial charge in [0.25, 0.3) is 0 Å². The van der Waals surface area contributed by atoms with Crippen LogP contribution in [0, 0.1) is 5.92 Å². The van der Waals surface area contributed by atoms with Crippen molar-refractivity contribution in [2.45, 2.75) is 24.3 Å². The van der Waals surface area contributed by atoms with Gasteiger partial charge in [-0.3, -0.25) is 4.79 Å². The highest BCUT2D eigenvalue weighted by Gasteiger charge is 2.31. The topological polar surface area (TPSA) is 66.5 Å². The van der Waals surface area contributed by atoms with E-state index in [1.54, 1.807) is 30.0 Å².